The van der Waals surface area contributed by atoms with Crippen LogP contribution in [0.1, 0.15) is 13.3 Å². The third-order valence-electron chi connectivity index (χ3n) is 2.98. The van der Waals surface area contributed by atoms with Crippen molar-refractivity contribution >= 4 is 23.3 Å². The molecule has 116 valence electrons. The highest BCUT2D eigenvalue weighted by Gasteiger charge is 2.17. The van der Waals surface area contributed by atoms with Crippen LogP contribution < -0.4 is 16.0 Å². The molecule has 0 bridgehead atoms. The number of aliphatic carboxylic acids is 1. The molecule has 1 unspecified atom stereocenters. The fourth-order valence-corrected chi connectivity index (χ4v) is 1.86. The number of nitrogens with two attached hydrogens (primary N) is 1. The highest BCUT2D eigenvalue weighted by atomic mass is 16.4. The van der Waals surface area contributed by atoms with E-state index >= 15 is 0 Å². The highest BCUT2D eigenvalue weighted by molar-refractivity contribution is 5.96. The number of benzene rings is 1. The van der Waals surface area contributed by atoms with Crippen molar-refractivity contribution in [3.63, 3.8) is 0 Å². The molecule has 0 spiro atoms. The Kier molecular flexibility index (Phi) is 6.64. The Morgan fingerprint density at radius 3 is 2.43 bits per heavy atom. The van der Waals surface area contributed by atoms with Gasteiger partial charge < -0.3 is 26.2 Å². The van der Waals surface area contributed by atoms with Crippen LogP contribution in [-0.2, 0) is 9.59 Å². The van der Waals surface area contributed by atoms with E-state index in [9.17, 15) is 9.59 Å². The van der Waals surface area contributed by atoms with Gasteiger partial charge in [0, 0.05) is 24.5 Å². The predicted molar refractivity (Wildman–Crippen MR) is 80.3 cm³/mol. The first kappa shape index (κ1) is 16.9. The Morgan fingerprint density at radius 2 is 1.95 bits per heavy atom. The number of aliphatic hydroxyl groups is 1. The second-order valence-corrected chi connectivity index (χ2v) is 4.54. The molecule has 0 saturated heterocycles. The van der Waals surface area contributed by atoms with E-state index in [2.05, 4.69) is 5.32 Å². The van der Waals surface area contributed by atoms with Crippen molar-refractivity contribution < 1.29 is 19.8 Å². The lowest BCUT2D eigenvalue weighted by Gasteiger charge is -2.22. The molecule has 0 aliphatic rings. The van der Waals surface area contributed by atoms with Crippen LogP contribution in [0.3, 0.4) is 0 Å². The number of carboxylic acid groups (broad SMARTS) is 1. The second kappa shape index (κ2) is 8.23. The number of carbonyl (C=O) groups is 2. The average Bonchev–Trinajstić information content (AvgIpc) is 2.45. The Bertz CT molecular complexity index is 476. The molecule has 0 aromatic heterocycles. The van der Waals surface area contributed by atoms with Gasteiger partial charge in [0.15, 0.2) is 0 Å². The minimum atomic E-state index is -1.12. The molecule has 0 radical (unpaired) electrons. The van der Waals surface area contributed by atoms with Crippen molar-refractivity contribution in [2.45, 2.75) is 19.4 Å². The summed E-state index contributed by atoms with van der Waals surface area (Å²) in [6, 6.07) is 5.97. The SMILES string of the molecule is CCN(CCO)c1ccc(NC(=O)C(N)CC(=O)O)cc1. The van der Waals surface area contributed by atoms with Crippen molar-refractivity contribution in [3.8, 4) is 0 Å². The van der Waals surface area contributed by atoms with Crippen molar-refractivity contribution in [1.29, 1.82) is 0 Å². The molecule has 1 atom stereocenters. The molecule has 7 heteroatoms. The number of hydrogen-bond donors (Lipinski definition) is 4. The summed E-state index contributed by atoms with van der Waals surface area (Å²) in [6.45, 7) is 3.34. The van der Waals surface area contributed by atoms with Crippen molar-refractivity contribution in [1.82, 2.24) is 0 Å². The number of hydrogen-bond acceptors (Lipinski definition) is 5. The minimum absolute atomic E-state index is 0.0658. The number of amides is 1. The Hall–Kier alpha value is -2.12. The fourth-order valence-electron chi connectivity index (χ4n) is 1.86. The Morgan fingerprint density at radius 1 is 1.33 bits per heavy atom. The quantitative estimate of drug-likeness (QED) is 0.546. The lowest BCUT2D eigenvalue weighted by atomic mass is 10.2. The van der Waals surface area contributed by atoms with Gasteiger partial charge in [-0.15, -0.1) is 0 Å². The first-order chi connectivity index (χ1) is 9.97. The van der Waals surface area contributed by atoms with Crippen molar-refractivity contribution in [2.75, 3.05) is 29.9 Å². The van der Waals surface area contributed by atoms with Gasteiger partial charge in [0.2, 0.25) is 5.91 Å². The van der Waals surface area contributed by atoms with Gasteiger partial charge in [-0.2, -0.15) is 0 Å². The van der Waals surface area contributed by atoms with Gasteiger partial charge >= 0.3 is 5.97 Å². The maximum absolute atomic E-state index is 11.7. The number of carbonyl (C=O) groups excluding carboxylic acids is 1. The van der Waals surface area contributed by atoms with E-state index < -0.39 is 24.3 Å². The zero-order chi connectivity index (χ0) is 15.8. The van der Waals surface area contributed by atoms with E-state index in [1.54, 1.807) is 12.1 Å². The summed E-state index contributed by atoms with van der Waals surface area (Å²) in [7, 11) is 0. The van der Waals surface area contributed by atoms with Gasteiger partial charge in [-0.05, 0) is 31.2 Å². The van der Waals surface area contributed by atoms with Crippen LogP contribution in [0.5, 0.6) is 0 Å². The maximum atomic E-state index is 11.7. The number of likely N-dealkylation sites (N-methyl/N-ethyl adjacent to an activating group) is 1. The molecular weight excluding hydrogens is 274 g/mol. The largest absolute Gasteiger partial charge is 0.481 e. The molecule has 21 heavy (non-hydrogen) atoms. The molecule has 0 fully saturated rings. The van der Waals surface area contributed by atoms with Gasteiger partial charge in [-0.1, -0.05) is 0 Å². The first-order valence-corrected chi connectivity index (χ1v) is 6.72. The molecule has 7 nitrogen and oxygen atoms in total. The zero-order valence-corrected chi connectivity index (χ0v) is 12.0. The summed E-state index contributed by atoms with van der Waals surface area (Å²) in [5.41, 5.74) is 6.95. The summed E-state index contributed by atoms with van der Waals surface area (Å²) in [5.74, 6) is -1.65. The van der Waals surface area contributed by atoms with Gasteiger partial charge in [-0.25, -0.2) is 0 Å². The van der Waals surface area contributed by atoms with Crippen LogP contribution in [0.15, 0.2) is 24.3 Å². The summed E-state index contributed by atoms with van der Waals surface area (Å²) >= 11 is 0. The van der Waals surface area contributed by atoms with Crippen molar-refractivity contribution in [2.24, 2.45) is 5.73 Å². The molecule has 5 N–H and O–H groups in total. The highest BCUT2D eigenvalue weighted by Crippen LogP contribution is 2.17. The molecule has 0 aliphatic carbocycles. The van der Waals surface area contributed by atoms with E-state index in [-0.39, 0.29) is 6.61 Å². The van der Waals surface area contributed by atoms with E-state index in [1.807, 2.05) is 24.0 Å². The Balaban J connectivity index is 2.65. The van der Waals surface area contributed by atoms with Crippen LogP contribution in [-0.4, -0.2) is 47.8 Å². The van der Waals surface area contributed by atoms with E-state index in [0.29, 0.717) is 12.2 Å². The predicted octanol–water partition coefficient (Wildman–Crippen LogP) is 0.246. The number of carboxylic acids is 1. The summed E-state index contributed by atoms with van der Waals surface area (Å²) < 4.78 is 0. The first-order valence-electron chi connectivity index (χ1n) is 6.72. The van der Waals surface area contributed by atoms with Gasteiger partial charge in [0.25, 0.3) is 0 Å². The third-order valence-corrected chi connectivity index (χ3v) is 2.98. The zero-order valence-electron chi connectivity index (χ0n) is 12.0. The van der Waals surface area contributed by atoms with E-state index in [0.717, 1.165) is 12.2 Å². The van der Waals surface area contributed by atoms with Gasteiger partial charge in [0.05, 0.1) is 19.1 Å². The minimum Gasteiger partial charge on any atom is -0.481 e. The summed E-state index contributed by atoms with van der Waals surface area (Å²) in [6.07, 6.45) is -0.413. The fraction of sp³-hybridized carbons (Fsp3) is 0.429. The maximum Gasteiger partial charge on any atom is 0.305 e. The van der Waals surface area contributed by atoms with Crippen LogP contribution in [0.4, 0.5) is 11.4 Å². The molecule has 0 heterocycles. The number of aliphatic hydroxyl groups excluding tert-OH is 1. The number of nitrogens with one attached hydrogen (secondary N) is 1. The second-order valence-electron chi connectivity index (χ2n) is 4.54. The molecule has 0 aliphatic heterocycles. The van der Waals surface area contributed by atoms with Crippen LogP contribution in [0, 0.1) is 0 Å². The number of nitrogens with zero attached hydrogens (tertiary/aromatic N) is 1. The molecule has 1 rings (SSSR count). The molecule has 0 saturated carbocycles. The van der Waals surface area contributed by atoms with Gasteiger partial charge in [0.1, 0.15) is 0 Å². The molecule has 1 aromatic rings. The monoisotopic (exact) mass is 295 g/mol. The van der Waals surface area contributed by atoms with E-state index in [4.69, 9.17) is 15.9 Å². The topological polar surface area (TPSA) is 116 Å². The van der Waals surface area contributed by atoms with Crippen molar-refractivity contribution in [3.05, 3.63) is 24.3 Å². The van der Waals surface area contributed by atoms with Crippen LogP contribution in [0.25, 0.3) is 0 Å². The molecular formula is C14H21N3O4. The molecule has 1 aromatic carbocycles. The standard InChI is InChI=1S/C14H21N3O4/c1-2-17(7-8-18)11-5-3-10(4-6-11)16-14(21)12(15)9-13(19)20/h3-6,12,18H,2,7-9,15H2,1H3,(H,16,21)(H,19,20). The van der Waals surface area contributed by atoms with Crippen LogP contribution >= 0.6 is 0 Å². The number of anilines is 2. The number of rotatable bonds is 8. The summed E-state index contributed by atoms with van der Waals surface area (Å²) in [4.78, 5) is 24.2. The normalized spacial score (nSPS) is 11.8. The Labute approximate surface area is 123 Å². The third kappa shape index (κ3) is 5.41. The van der Waals surface area contributed by atoms with Gasteiger partial charge in [-0.3, -0.25) is 9.59 Å². The summed E-state index contributed by atoms with van der Waals surface area (Å²) in [5, 5.41) is 20.1. The lowest BCUT2D eigenvalue weighted by molar-refractivity contribution is -0.138. The lowest BCUT2D eigenvalue weighted by Crippen LogP contribution is -2.37. The smallest absolute Gasteiger partial charge is 0.305 e. The average molecular weight is 295 g/mol. The van der Waals surface area contributed by atoms with Crippen LogP contribution in [0.2, 0.25) is 0 Å². The molecule has 1 amide bonds. The van der Waals surface area contributed by atoms with E-state index in [1.165, 1.54) is 0 Å².